The number of amides is 2. The van der Waals surface area contributed by atoms with Crippen LogP contribution in [0, 0.1) is 0 Å². The molecular formula is C14H9NO6S2. The number of carbonyl (C=O) groups excluding carboxylic acids is 3. The molecule has 0 aliphatic carbocycles. The first kappa shape index (κ1) is 15.4. The molecule has 2 aromatic rings. The van der Waals surface area contributed by atoms with Crippen LogP contribution in [0.3, 0.4) is 0 Å². The lowest BCUT2D eigenvalue weighted by atomic mass is 10.1. The van der Waals surface area contributed by atoms with Crippen LogP contribution in [0.25, 0.3) is 0 Å². The van der Waals surface area contributed by atoms with Crippen LogP contribution in [0.1, 0.15) is 30.4 Å². The summed E-state index contributed by atoms with van der Waals surface area (Å²) in [7, 11) is -3.44. The Kier molecular flexibility index (Phi) is 3.53. The number of sulfone groups is 1. The molecule has 2 amide bonds. The van der Waals surface area contributed by atoms with E-state index in [2.05, 4.69) is 0 Å². The highest BCUT2D eigenvalue weighted by Crippen LogP contribution is 2.26. The summed E-state index contributed by atoms with van der Waals surface area (Å²) in [6, 6.07) is 8.62. The van der Waals surface area contributed by atoms with Gasteiger partial charge in [0.25, 0.3) is 11.8 Å². The smallest absolute Gasteiger partial charge is 0.323 e. The first-order valence-electron chi connectivity index (χ1n) is 6.29. The van der Waals surface area contributed by atoms with Crippen molar-refractivity contribution in [1.29, 1.82) is 0 Å². The molecule has 0 N–H and O–H groups in total. The molecule has 0 saturated carbocycles. The van der Waals surface area contributed by atoms with Crippen LogP contribution in [0.15, 0.2) is 40.6 Å². The van der Waals surface area contributed by atoms with E-state index in [4.69, 9.17) is 4.84 Å². The van der Waals surface area contributed by atoms with E-state index in [1.54, 1.807) is 12.1 Å². The molecule has 7 nitrogen and oxygen atoms in total. The Labute approximate surface area is 135 Å². The lowest BCUT2D eigenvalue weighted by molar-refractivity contribution is -0.0581. The minimum absolute atomic E-state index is 0.00758. The normalized spacial score (nSPS) is 14.0. The molecule has 1 aliphatic heterocycles. The molecule has 0 radical (unpaired) electrons. The van der Waals surface area contributed by atoms with Crippen molar-refractivity contribution in [2.24, 2.45) is 0 Å². The summed E-state index contributed by atoms with van der Waals surface area (Å²) in [6.07, 6.45) is 1.01. The average Bonchev–Trinajstić information content (AvgIpc) is 3.08. The van der Waals surface area contributed by atoms with Gasteiger partial charge in [0.1, 0.15) is 9.09 Å². The number of benzene rings is 1. The summed E-state index contributed by atoms with van der Waals surface area (Å²) < 4.78 is 22.8. The third-order valence-electron chi connectivity index (χ3n) is 3.08. The Morgan fingerprint density at radius 2 is 1.61 bits per heavy atom. The van der Waals surface area contributed by atoms with E-state index < -0.39 is 27.6 Å². The zero-order chi connectivity index (χ0) is 16.8. The number of nitrogens with zero attached hydrogens (tertiary/aromatic N) is 1. The molecule has 0 bridgehead atoms. The van der Waals surface area contributed by atoms with Gasteiger partial charge in [0, 0.05) is 6.26 Å². The maximum atomic E-state index is 12.1. The number of thiophene rings is 1. The molecule has 0 unspecified atom stereocenters. The monoisotopic (exact) mass is 351 g/mol. The molecule has 1 aliphatic rings. The van der Waals surface area contributed by atoms with Gasteiger partial charge in [-0.15, -0.1) is 11.3 Å². The number of hydrogen-bond acceptors (Lipinski definition) is 7. The zero-order valence-electron chi connectivity index (χ0n) is 11.7. The fourth-order valence-electron chi connectivity index (χ4n) is 2.01. The highest BCUT2D eigenvalue weighted by Gasteiger charge is 2.39. The predicted octanol–water partition coefficient (Wildman–Crippen LogP) is 1.52. The first-order valence-corrected chi connectivity index (χ1v) is 9.00. The summed E-state index contributed by atoms with van der Waals surface area (Å²) in [4.78, 5) is 41.0. The zero-order valence-corrected chi connectivity index (χ0v) is 13.3. The third kappa shape index (κ3) is 2.64. The number of fused-ring (bicyclic) bond motifs is 1. The topological polar surface area (TPSA) is 97.8 Å². The van der Waals surface area contributed by atoms with Gasteiger partial charge in [-0.2, -0.15) is 0 Å². The lowest BCUT2D eigenvalue weighted by Crippen LogP contribution is -2.32. The van der Waals surface area contributed by atoms with Gasteiger partial charge < -0.3 is 4.84 Å². The molecule has 0 fully saturated rings. The minimum atomic E-state index is -3.44. The molecule has 2 heterocycles. The molecule has 3 rings (SSSR count). The summed E-state index contributed by atoms with van der Waals surface area (Å²) in [5, 5.41) is 0.382. The fourth-order valence-corrected chi connectivity index (χ4v) is 3.81. The lowest BCUT2D eigenvalue weighted by Gasteiger charge is -2.11. The Hall–Kier alpha value is -2.52. The average molecular weight is 351 g/mol. The van der Waals surface area contributed by atoms with Gasteiger partial charge in [-0.3, -0.25) is 9.59 Å². The molecule has 0 atom stereocenters. The summed E-state index contributed by atoms with van der Waals surface area (Å²) >= 11 is 0.706. The van der Waals surface area contributed by atoms with Crippen LogP contribution in [0.5, 0.6) is 0 Å². The Morgan fingerprint density at radius 3 is 2.09 bits per heavy atom. The standard InChI is InChI=1S/C14H9NO6S2/c1-23(19,20)11-7-6-10(22-11)14(18)21-15-12(16)8-4-2-3-5-9(8)13(15)17/h2-7H,1H3. The van der Waals surface area contributed by atoms with Crippen LogP contribution in [0.4, 0.5) is 0 Å². The number of carbonyl (C=O) groups is 3. The van der Waals surface area contributed by atoms with E-state index in [9.17, 15) is 22.8 Å². The molecular weight excluding hydrogens is 342 g/mol. The first-order chi connectivity index (χ1) is 10.8. The van der Waals surface area contributed by atoms with E-state index in [1.807, 2.05) is 0 Å². The van der Waals surface area contributed by atoms with Crippen LogP contribution >= 0.6 is 11.3 Å². The van der Waals surface area contributed by atoms with E-state index in [-0.39, 0.29) is 20.2 Å². The summed E-state index contributed by atoms with van der Waals surface area (Å²) in [6.45, 7) is 0. The fraction of sp³-hybridized carbons (Fsp3) is 0.0714. The van der Waals surface area contributed by atoms with Crippen molar-refractivity contribution in [3.05, 3.63) is 52.4 Å². The van der Waals surface area contributed by atoms with Crippen molar-refractivity contribution in [2.45, 2.75) is 4.21 Å². The van der Waals surface area contributed by atoms with Gasteiger partial charge >= 0.3 is 5.97 Å². The Bertz CT molecular complexity index is 909. The van der Waals surface area contributed by atoms with Gasteiger partial charge in [0.15, 0.2) is 9.84 Å². The summed E-state index contributed by atoms with van der Waals surface area (Å²) in [5.74, 6) is -2.45. The van der Waals surface area contributed by atoms with Crippen LogP contribution < -0.4 is 0 Å². The van der Waals surface area contributed by atoms with Crippen LogP contribution in [-0.2, 0) is 14.7 Å². The highest BCUT2D eigenvalue weighted by atomic mass is 32.2. The maximum Gasteiger partial charge on any atom is 0.373 e. The molecule has 23 heavy (non-hydrogen) atoms. The van der Waals surface area contributed by atoms with Gasteiger partial charge in [-0.05, 0) is 24.3 Å². The van der Waals surface area contributed by atoms with Gasteiger partial charge in [0.05, 0.1) is 11.1 Å². The van der Waals surface area contributed by atoms with Gasteiger partial charge in [-0.1, -0.05) is 17.2 Å². The van der Waals surface area contributed by atoms with E-state index in [0.717, 1.165) is 6.26 Å². The largest absolute Gasteiger partial charge is 0.373 e. The van der Waals surface area contributed by atoms with Gasteiger partial charge in [-0.25, -0.2) is 13.2 Å². The van der Waals surface area contributed by atoms with Crippen LogP contribution in [0.2, 0.25) is 0 Å². The third-order valence-corrected chi connectivity index (χ3v) is 5.96. The van der Waals surface area contributed by atoms with E-state index in [0.29, 0.717) is 16.4 Å². The second-order valence-electron chi connectivity index (χ2n) is 4.72. The van der Waals surface area contributed by atoms with Crippen molar-refractivity contribution < 1.29 is 27.6 Å². The van der Waals surface area contributed by atoms with E-state index in [1.165, 1.54) is 24.3 Å². The molecule has 118 valence electrons. The summed E-state index contributed by atoms with van der Waals surface area (Å²) in [5.41, 5.74) is 0.293. The SMILES string of the molecule is CS(=O)(=O)c1ccc(C(=O)ON2C(=O)c3ccccc3C2=O)s1. The molecule has 0 saturated heterocycles. The second kappa shape index (κ2) is 5.28. The highest BCUT2D eigenvalue weighted by molar-refractivity contribution is 7.92. The van der Waals surface area contributed by atoms with Crippen molar-refractivity contribution in [3.63, 3.8) is 0 Å². The number of imide groups is 1. The predicted molar refractivity (Wildman–Crippen MR) is 79.8 cm³/mol. The molecule has 0 spiro atoms. The Morgan fingerprint density at radius 1 is 1.04 bits per heavy atom. The molecule has 9 heteroatoms. The van der Waals surface area contributed by atoms with Crippen molar-refractivity contribution in [3.8, 4) is 0 Å². The number of hydrogen-bond donors (Lipinski definition) is 0. The maximum absolute atomic E-state index is 12.1. The van der Waals surface area contributed by atoms with E-state index >= 15 is 0 Å². The number of rotatable bonds is 3. The Balaban J connectivity index is 1.83. The van der Waals surface area contributed by atoms with Crippen molar-refractivity contribution in [1.82, 2.24) is 5.06 Å². The second-order valence-corrected chi connectivity index (χ2v) is 8.05. The minimum Gasteiger partial charge on any atom is -0.323 e. The van der Waals surface area contributed by atoms with Crippen molar-refractivity contribution >= 4 is 39.0 Å². The molecule has 1 aromatic carbocycles. The quantitative estimate of drug-likeness (QED) is 0.778. The van der Waals surface area contributed by atoms with Gasteiger partial charge in [0.2, 0.25) is 0 Å². The molecule has 1 aromatic heterocycles. The van der Waals surface area contributed by atoms with Crippen LogP contribution in [-0.4, -0.2) is 37.5 Å². The number of hydroxylamine groups is 2. The van der Waals surface area contributed by atoms with Crippen molar-refractivity contribution in [2.75, 3.05) is 6.26 Å².